The third-order valence-electron chi connectivity index (χ3n) is 8.31. The highest BCUT2D eigenvalue weighted by atomic mass is 16.5. The van der Waals surface area contributed by atoms with Crippen LogP contribution in [0, 0.1) is 11.3 Å². The quantitative estimate of drug-likeness (QED) is 0.708. The minimum atomic E-state index is -1.02. The van der Waals surface area contributed by atoms with E-state index in [4.69, 9.17) is 4.74 Å². The molecule has 0 unspecified atom stereocenters. The molecule has 2 heterocycles. The van der Waals surface area contributed by atoms with Gasteiger partial charge >= 0.3 is 12.1 Å². The molecule has 0 radical (unpaired) electrons. The Hall–Kier alpha value is -3.35. The van der Waals surface area contributed by atoms with Gasteiger partial charge in [0, 0.05) is 24.4 Å². The molecule has 2 amide bonds. The number of aliphatic carboxylic acids is 1. The van der Waals surface area contributed by atoms with E-state index in [1.807, 2.05) is 31.2 Å². The predicted octanol–water partition coefficient (Wildman–Crippen LogP) is 3.77. The summed E-state index contributed by atoms with van der Waals surface area (Å²) in [6, 6.07) is 16.3. The number of hydrogen-bond acceptors (Lipinski definition) is 4. The number of carboxylic acids is 1. The van der Waals surface area contributed by atoms with Gasteiger partial charge in [-0.3, -0.25) is 4.79 Å². The van der Waals surface area contributed by atoms with Crippen molar-refractivity contribution in [2.45, 2.75) is 50.1 Å². The topological polar surface area (TPSA) is 95.9 Å². The van der Waals surface area contributed by atoms with Crippen molar-refractivity contribution in [3.8, 4) is 11.1 Å². The summed E-state index contributed by atoms with van der Waals surface area (Å²) < 4.78 is 5.60. The van der Waals surface area contributed by atoms with Crippen molar-refractivity contribution in [2.24, 2.45) is 11.3 Å². The lowest BCUT2D eigenvalue weighted by Crippen LogP contribution is -2.59. The molecule has 7 nitrogen and oxygen atoms in total. The number of nitrogens with zero attached hydrogens (tertiary/aromatic N) is 1. The summed E-state index contributed by atoms with van der Waals surface area (Å²) in [5.74, 6) is -1.22. The molecule has 2 bridgehead atoms. The summed E-state index contributed by atoms with van der Waals surface area (Å²) in [6.07, 6.45) is 1.64. The van der Waals surface area contributed by atoms with Gasteiger partial charge in [-0.25, -0.2) is 9.59 Å². The molecule has 5 aliphatic rings. The smallest absolute Gasteiger partial charge is 0.407 e. The minimum Gasteiger partial charge on any atom is -0.479 e. The standard InChI is InChI=1S/C27H28N2O5/c1-26-13-27(14-26,24(31)32)29(15-26)23(30)16-10-17(11-16)28-25(33)34-12-22-20-8-4-2-6-18(20)19-7-3-5-9-21(19)22/h2-9,16-17,22H,10-15H2,1H3,(H,28,33)(H,31,32). The maximum atomic E-state index is 13.0. The molecule has 4 fully saturated rings. The van der Waals surface area contributed by atoms with E-state index in [9.17, 15) is 19.5 Å². The molecular weight excluding hydrogens is 432 g/mol. The molecule has 7 rings (SSSR count). The zero-order valence-corrected chi connectivity index (χ0v) is 19.1. The third kappa shape index (κ3) is 3.06. The molecule has 2 aromatic carbocycles. The van der Waals surface area contributed by atoms with Gasteiger partial charge in [0.1, 0.15) is 12.1 Å². The summed E-state index contributed by atoms with van der Waals surface area (Å²) in [5, 5.41) is 12.6. The van der Waals surface area contributed by atoms with Crippen molar-refractivity contribution < 1.29 is 24.2 Å². The van der Waals surface area contributed by atoms with Gasteiger partial charge in [-0.2, -0.15) is 0 Å². The van der Waals surface area contributed by atoms with E-state index in [1.54, 1.807) is 4.90 Å². The lowest BCUT2D eigenvalue weighted by atomic mass is 9.63. The number of nitrogens with one attached hydrogen (secondary N) is 1. The average molecular weight is 461 g/mol. The van der Waals surface area contributed by atoms with Crippen LogP contribution in [0.5, 0.6) is 0 Å². The second-order valence-corrected chi connectivity index (χ2v) is 10.8. The monoisotopic (exact) mass is 460 g/mol. The highest BCUT2D eigenvalue weighted by molar-refractivity contribution is 5.91. The predicted molar refractivity (Wildman–Crippen MR) is 124 cm³/mol. The lowest BCUT2D eigenvalue weighted by Gasteiger charge is -2.44. The molecule has 0 aromatic heterocycles. The molecule has 2 saturated heterocycles. The van der Waals surface area contributed by atoms with E-state index in [-0.39, 0.29) is 35.8 Å². The van der Waals surface area contributed by atoms with Crippen LogP contribution < -0.4 is 5.32 Å². The summed E-state index contributed by atoms with van der Waals surface area (Å²) in [5.41, 5.74) is 3.60. The van der Waals surface area contributed by atoms with E-state index < -0.39 is 17.6 Å². The van der Waals surface area contributed by atoms with Gasteiger partial charge in [-0.05, 0) is 53.4 Å². The summed E-state index contributed by atoms with van der Waals surface area (Å²) >= 11 is 0. The first-order valence-corrected chi connectivity index (χ1v) is 12.0. The molecule has 2 aromatic rings. The highest BCUT2D eigenvalue weighted by Crippen LogP contribution is 2.60. The fourth-order valence-corrected chi connectivity index (χ4v) is 6.72. The number of hydrogen-bond donors (Lipinski definition) is 2. The normalized spacial score (nSPS) is 30.6. The number of benzene rings is 2. The van der Waals surface area contributed by atoms with Gasteiger partial charge < -0.3 is 20.1 Å². The Morgan fingerprint density at radius 1 is 1.03 bits per heavy atom. The van der Waals surface area contributed by atoms with Crippen LogP contribution in [0.1, 0.15) is 49.7 Å². The fourth-order valence-electron chi connectivity index (χ4n) is 6.72. The van der Waals surface area contributed by atoms with Crippen LogP contribution in [-0.4, -0.2) is 52.7 Å². The summed E-state index contributed by atoms with van der Waals surface area (Å²) in [6.45, 7) is 2.81. The first kappa shape index (κ1) is 21.2. The van der Waals surface area contributed by atoms with E-state index in [0.717, 1.165) is 11.1 Å². The first-order valence-electron chi connectivity index (χ1n) is 12.0. The van der Waals surface area contributed by atoms with Gasteiger partial charge in [-0.1, -0.05) is 55.5 Å². The molecule has 0 atom stereocenters. The van der Waals surface area contributed by atoms with Crippen molar-refractivity contribution in [1.29, 1.82) is 0 Å². The second kappa shape index (κ2) is 7.32. The fraction of sp³-hybridized carbons (Fsp3) is 0.444. The number of carbonyl (C=O) groups excluding carboxylic acids is 2. The molecule has 2 N–H and O–H groups in total. The van der Waals surface area contributed by atoms with Gasteiger partial charge in [0.05, 0.1) is 0 Å². The molecule has 34 heavy (non-hydrogen) atoms. The summed E-state index contributed by atoms with van der Waals surface area (Å²) in [7, 11) is 0. The largest absolute Gasteiger partial charge is 0.479 e. The van der Waals surface area contributed by atoms with Crippen molar-refractivity contribution in [1.82, 2.24) is 10.2 Å². The van der Waals surface area contributed by atoms with Gasteiger partial charge in [-0.15, -0.1) is 0 Å². The minimum absolute atomic E-state index is 0.00379. The molecule has 7 heteroatoms. The van der Waals surface area contributed by atoms with Crippen LogP contribution in [0.25, 0.3) is 11.1 Å². The lowest BCUT2D eigenvalue weighted by molar-refractivity contribution is -0.162. The van der Waals surface area contributed by atoms with E-state index in [1.165, 1.54) is 11.1 Å². The Kier molecular flexibility index (Phi) is 4.57. The van der Waals surface area contributed by atoms with Gasteiger partial charge in [0.15, 0.2) is 0 Å². The highest BCUT2D eigenvalue weighted by Gasteiger charge is 2.69. The second-order valence-electron chi connectivity index (χ2n) is 10.8. The van der Waals surface area contributed by atoms with Crippen LogP contribution in [-0.2, 0) is 14.3 Å². The molecular formula is C27H28N2O5. The van der Waals surface area contributed by atoms with Crippen LogP contribution in [0.15, 0.2) is 48.5 Å². The Morgan fingerprint density at radius 3 is 2.21 bits per heavy atom. The number of ether oxygens (including phenoxy) is 1. The maximum Gasteiger partial charge on any atom is 0.407 e. The molecule has 3 aliphatic carbocycles. The van der Waals surface area contributed by atoms with Gasteiger partial charge in [0.25, 0.3) is 0 Å². The van der Waals surface area contributed by atoms with Crippen molar-refractivity contribution in [3.63, 3.8) is 0 Å². The van der Waals surface area contributed by atoms with Crippen LogP contribution in [0.4, 0.5) is 4.79 Å². The average Bonchev–Trinajstić information content (AvgIpc) is 3.38. The Morgan fingerprint density at radius 2 is 1.62 bits per heavy atom. The Bertz CT molecular complexity index is 1150. The summed E-state index contributed by atoms with van der Waals surface area (Å²) in [4.78, 5) is 38.9. The van der Waals surface area contributed by atoms with Crippen molar-refractivity contribution in [3.05, 3.63) is 59.7 Å². The van der Waals surface area contributed by atoms with E-state index in [0.29, 0.717) is 32.2 Å². The van der Waals surface area contributed by atoms with Crippen LogP contribution in [0.3, 0.4) is 0 Å². The SMILES string of the molecule is CC12CN(C(=O)C3CC(NC(=O)OCC4c5ccccc5-c5ccccc54)C3)C(C(=O)O)(C1)C2. The zero-order chi connectivity index (χ0) is 23.7. The van der Waals surface area contributed by atoms with Gasteiger partial charge in [0.2, 0.25) is 5.91 Å². The third-order valence-corrected chi connectivity index (χ3v) is 8.31. The first-order chi connectivity index (χ1) is 16.3. The molecule has 2 aliphatic heterocycles. The van der Waals surface area contributed by atoms with Crippen LogP contribution >= 0.6 is 0 Å². The number of carboxylic acid groups (broad SMARTS) is 1. The van der Waals surface area contributed by atoms with Crippen LogP contribution in [0.2, 0.25) is 0 Å². The number of carbonyl (C=O) groups is 3. The van der Waals surface area contributed by atoms with Crippen molar-refractivity contribution >= 4 is 18.0 Å². The number of fused-ring (bicyclic) bond motifs is 4. The Balaban J connectivity index is 1.03. The van der Waals surface area contributed by atoms with E-state index in [2.05, 4.69) is 29.6 Å². The number of rotatable bonds is 5. The Labute approximate surface area is 198 Å². The number of alkyl carbamates (subject to hydrolysis) is 1. The van der Waals surface area contributed by atoms with Crippen molar-refractivity contribution in [2.75, 3.05) is 13.2 Å². The number of amides is 2. The molecule has 0 spiro atoms. The molecule has 176 valence electrons. The van der Waals surface area contributed by atoms with E-state index >= 15 is 0 Å². The maximum absolute atomic E-state index is 13.0. The molecule has 2 saturated carbocycles. The zero-order valence-electron chi connectivity index (χ0n) is 19.1.